The Morgan fingerprint density at radius 2 is 2.29 bits per heavy atom. The Kier molecular flexibility index (Phi) is 5.25. The Hall–Kier alpha value is -1.26. The highest BCUT2D eigenvalue weighted by Crippen LogP contribution is 2.42. The van der Waals surface area contributed by atoms with Crippen LogP contribution in [0.1, 0.15) is 33.1 Å². The van der Waals surface area contributed by atoms with Crippen molar-refractivity contribution in [2.24, 2.45) is 11.0 Å². The van der Waals surface area contributed by atoms with Crippen LogP contribution in [0.5, 0.6) is 0 Å². The van der Waals surface area contributed by atoms with Gasteiger partial charge in [0.1, 0.15) is 5.54 Å². The van der Waals surface area contributed by atoms with Gasteiger partial charge >= 0.3 is 5.97 Å². The van der Waals surface area contributed by atoms with Crippen LogP contribution in [-0.2, 0) is 9.53 Å². The maximum absolute atomic E-state index is 12.1. The van der Waals surface area contributed by atoms with Crippen molar-refractivity contribution in [1.82, 2.24) is 5.32 Å². The molecule has 96 valence electrons. The molecule has 0 heterocycles. The normalized spacial score (nSPS) is 18.0. The average Bonchev–Trinajstić information content (AvgIpc) is 3.14. The van der Waals surface area contributed by atoms with E-state index in [1.54, 1.807) is 0 Å². The predicted molar refractivity (Wildman–Crippen MR) is 64.4 cm³/mol. The highest BCUT2D eigenvalue weighted by molar-refractivity contribution is 5.81. The van der Waals surface area contributed by atoms with E-state index >= 15 is 0 Å². The Morgan fingerprint density at radius 3 is 2.76 bits per heavy atom. The van der Waals surface area contributed by atoms with Crippen molar-refractivity contribution in [3.8, 4) is 0 Å². The molecule has 0 bridgehead atoms. The second-order valence-electron chi connectivity index (χ2n) is 4.20. The van der Waals surface area contributed by atoms with Gasteiger partial charge in [-0.3, -0.25) is 4.79 Å². The van der Waals surface area contributed by atoms with E-state index in [1.807, 2.05) is 13.8 Å². The molecule has 0 aliphatic heterocycles. The van der Waals surface area contributed by atoms with Gasteiger partial charge in [-0.1, -0.05) is 12.0 Å². The van der Waals surface area contributed by atoms with E-state index in [9.17, 15) is 4.79 Å². The minimum absolute atomic E-state index is 0.175. The zero-order valence-electron chi connectivity index (χ0n) is 10.5. The minimum atomic E-state index is -0.582. The van der Waals surface area contributed by atoms with Gasteiger partial charge in [0.2, 0.25) is 0 Å². The number of nitrogens with one attached hydrogen (secondary N) is 1. The van der Waals surface area contributed by atoms with E-state index in [1.165, 1.54) is 0 Å². The smallest absolute Gasteiger partial charge is 0.326 e. The lowest BCUT2D eigenvalue weighted by atomic mass is 9.90. The van der Waals surface area contributed by atoms with Gasteiger partial charge in [0, 0.05) is 18.0 Å². The topological polar surface area (TPSA) is 87.1 Å². The van der Waals surface area contributed by atoms with Gasteiger partial charge in [-0.05, 0) is 37.6 Å². The van der Waals surface area contributed by atoms with Crippen molar-refractivity contribution in [2.75, 3.05) is 19.7 Å². The molecule has 1 atom stereocenters. The molecule has 0 aromatic heterocycles. The molecule has 6 heteroatoms. The first kappa shape index (κ1) is 13.8. The van der Waals surface area contributed by atoms with Gasteiger partial charge < -0.3 is 10.1 Å². The molecule has 1 unspecified atom stereocenters. The van der Waals surface area contributed by atoms with Crippen molar-refractivity contribution in [3.63, 3.8) is 0 Å². The zero-order chi connectivity index (χ0) is 12.7. The molecule has 0 spiro atoms. The van der Waals surface area contributed by atoms with E-state index in [4.69, 9.17) is 10.3 Å². The SMILES string of the molecule is CCOC(=O)C(CC)(NCCN=[N+]=[N-])C1CC1. The Morgan fingerprint density at radius 1 is 1.59 bits per heavy atom. The number of carbonyl (C=O) groups is 1. The summed E-state index contributed by atoms with van der Waals surface area (Å²) in [6.45, 7) is 5.05. The lowest BCUT2D eigenvalue weighted by Crippen LogP contribution is -2.55. The van der Waals surface area contributed by atoms with Crippen molar-refractivity contribution in [1.29, 1.82) is 0 Å². The maximum Gasteiger partial charge on any atom is 0.326 e. The molecule has 0 amide bonds. The van der Waals surface area contributed by atoms with Crippen LogP contribution in [0.3, 0.4) is 0 Å². The fourth-order valence-corrected chi connectivity index (χ4v) is 2.15. The summed E-state index contributed by atoms with van der Waals surface area (Å²) >= 11 is 0. The summed E-state index contributed by atoms with van der Waals surface area (Å²) in [6.07, 6.45) is 2.81. The van der Waals surface area contributed by atoms with Crippen LogP contribution in [0, 0.1) is 5.92 Å². The number of carbonyl (C=O) groups excluding carboxylic acids is 1. The Bertz CT molecular complexity index is 311. The summed E-state index contributed by atoms with van der Waals surface area (Å²) < 4.78 is 5.15. The van der Waals surface area contributed by atoms with E-state index in [2.05, 4.69) is 15.3 Å². The summed E-state index contributed by atoms with van der Waals surface area (Å²) in [5, 5.41) is 6.69. The summed E-state index contributed by atoms with van der Waals surface area (Å²) in [4.78, 5) is 14.7. The Labute approximate surface area is 101 Å². The Balaban J connectivity index is 2.63. The molecule has 17 heavy (non-hydrogen) atoms. The summed E-state index contributed by atoms with van der Waals surface area (Å²) in [7, 11) is 0. The van der Waals surface area contributed by atoms with Crippen LogP contribution < -0.4 is 5.32 Å². The van der Waals surface area contributed by atoms with E-state index in [-0.39, 0.29) is 5.97 Å². The quantitative estimate of drug-likeness (QED) is 0.231. The number of ether oxygens (including phenoxy) is 1. The van der Waals surface area contributed by atoms with Crippen LogP contribution in [0.2, 0.25) is 0 Å². The summed E-state index contributed by atoms with van der Waals surface area (Å²) in [6, 6.07) is 0. The van der Waals surface area contributed by atoms with Gasteiger partial charge in [0.25, 0.3) is 0 Å². The number of esters is 1. The maximum atomic E-state index is 12.1. The van der Waals surface area contributed by atoms with Crippen LogP contribution in [0.4, 0.5) is 0 Å². The van der Waals surface area contributed by atoms with Crippen molar-refractivity contribution < 1.29 is 9.53 Å². The van der Waals surface area contributed by atoms with Gasteiger partial charge in [0.05, 0.1) is 6.61 Å². The standard InChI is InChI=1S/C11H20N4O2/c1-3-11(9-5-6-9,10(16)17-4-2)13-7-8-14-15-12/h9,13H,3-8H2,1-2H3. The predicted octanol–water partition coefficient (Wildman–Crippen LogP) is 2.01. The van der Waals surface area contributed by atoms with Gasteiger partial charge in [0.15, 0.2) is 0 Å². The van der Waals surface area contributed by atoms with Crippen LogP contribution in [-0.4, -0.2) is 31.2 Å². The molecule has 1 aliphatic carbocycles. The third kappa shape index (κ3) is 3.35. The summed E-state index contributed by atoms with van der Waals surface area (Å²) in [5.74, 6) is 0.184. The third-order valence-corrected chi connectivity index (χ3v) is 3.19. The molecular weight excluding hydrogens is 220 g/mol. The molecule has 0 saturated heterocycles. The highest BCUT2D eigenvalue weighted by atomic mass is 16.5. The monoisotopic (exact) mass is 240 g/mol. The molecule has 6 nitrogen and oxygen atoms in total. The average molecular weight is 240 g/mol. The molecule has 0 aromatic carbocycles. The second-order valence-corrected chi connectivity index (χ2v) is 4.20. The molecule has 0 radical (unpaired) electrons. The van der Waals surface area contributed by atoms with E-state index in [0.29, 0.717) is 32.0 Å². The van der Waals surface area contributed by atoms with Gasteiger partial charge in [-0.2, -0.15) is 0 Å². The third-order valence-electron chi connectivity index (χ3n) is 3.19. The molecule has 1 saturated carbocycles. The second kappa shape index (κ2) is 6.47. The fraction of sp³-hybridized carbons (Fsp3) is 0.909. The first-order chi connectivity index (χ1) is 8.21. The number of azide groups is 1. The van der Waals surface area contributed by atoms with E-state index in [0.717, 1.165) is 12.8 Å². The lowest BCUT2D eigenvalue weighted by molar-refractivity contribution is -0.152. The van der Waals surface area contributed by atoms with Gasteiger partial charge in [-0.15, -0.1) is 0 Å². The molecule has 0 aromatic rings. The molecule has 1 aliphatic rings. The first-order valence-electron chi connectivity index (χ1n) is 6.14. The van der Waals surface area contributed by atoms with Crippen LogP contribution in [0.15, 0.2) is 5.11 Å². The number of hydrogen-bond acceptors (Lipinski definition) is 4. The minimum Gasteiger partial charge on any atom is -0.465 e. The molecule has 1 rings (SSSR count). The first-order valence-corrected chi connectivity index (χ1v) is 6.14. The molecule has 1 fully saturated rings. The van der Waals surface area contributed by atoms with Crippen molar-refractivity contribution in [3.05, 3.63) is 10.4 Å². The zero-order valence-corrected chi connectivity index (χ0v) is 10.5. The van der Waals surface area contributed by atoms with E-state index < -0.39 is 5.54 Å². The molecular formula is C11H20N4O2. The van der Waals surface area contributed by atoms with Crippen LogP contribution >= 0.6 is 0 Å². The lowest BCUT2D eigenvalue weighted by Gasteiger charge is -2.31. The van der Waals surface area contributed by atoms with Gasteiger partial charge in [-0.25, -0.2) is 0 Å². The fourth-order valence-electron chi connectivity index (χ4n) is 2.15. The number of hydrogen-bond donors (Lipinski definition) is 1. The number of rotatable bonds is 8. The van der Waals surface area contributed by atoms with Crippen molar-refractivity contribution in [2.45, 2.75) is 38.6 Å². The highest BCUT2D eigenvalue weighted by Gasteiger charge is 2.50. The van der Waals surface area contributed by atoms with Crippen molar-refractivity contribution >= 4 is 5.97 Å². The van der Waals surface area contributed by atoms with Crippen LogP contribution in [0.25, 0.3) is 10.4 Å². The molecule has 1 N–H and O–H groups in total. The number of nitrogens with zero attached hydrogens (tertiary/aromatic N) is 3. The summed E-state index contributed by atoms with van der Waals surface area (Å²) in [5.41, 5.74) is 7.62. The largest absolute Gasteiger partial charge is 0.465 e.